The fraction of sp³-hybridized carbons (Fsp3) is 0.375. The summed E-state index contributed by atoms with van der Waals surface area (Å²) in [5.41, 5.74) is 6.84. The quantitative estimate of drug-likeness (QED) is 0.461. The Hall–Kier alpha value is -3.61. The van der Waals surface area contributed by atoms with E-state index >= 15 is 0 Å². The van der Waals surface area contributed by atoms with E-state index in [-0.39, 0.29) is 18.4 Å². The lowest BCUT2D eigenvalue weighted by atomic mass is 9.97. The second-order valence-corrected chi connectivity index (χ2v) is 8.37. The topological polar surface area (TPSA) is 132 Å². The molecule has 0 spiro atoms. The first kappa shape index (κ1) is 24.0. The van der Waals surface area contributed by atoms with Gasteiger partial charge in [-0.3, -0.25) is 4.79 Å². The summed E-state index contributed by atoms with van der Waals surface area (Å²) in [6, 6.07) is 21.0. The first-order valence-electron chi connectivity index (χ1n) is 10.8. The van der Waals surface area contributed by atoms with E-state index in [1.54, 1.807) is 13.8 Å². The molecular weight excluding hydrogens is 418 g/mol. The van der Waals surface area contributed by atoms with Gasteiger partial charge in [-0.25, -0.2) is 0 Å². The van der Waals surface area contributed by atoms with Gasteiger partial charge < -0.3 is 15.8 Å². The van der Waals surface area contributed by atoms with E-state index in [9.17, 15) is 10.1 Å². The van der Waals surface area contributed by atoms with E-state index in [4.69, 9.17) is 10.5 Å². The zero-order valence-corrected chi connectivity index (χ0v) is 18.9. The number of hydrogen-bond acceptors (Lipinski definition) is 7. The lowest BCUT2D eigenvalue weighted by molar-refractivity contribution is -0.126. The number of carbonyl (C=O) groups excluding carboxylic acids is 1. The number of ether oxygens (including phenoxy) is 1. The van der Waals surface area contributed by atoms with Crippen LogP contribution in [0.4, 0.5) is 0 Å². The molecule has 0 aliphatic carbocycles. The molecule has 33 heavy (non-hydrogen) atoms. The van der Waals surface area contributed by atoms with Crippen LogP contribution in [0.2, 0.25) is 0 Å². The number of aryl methyl sites for hydroxylation is 1. The highest BCUT2D eigenvalue weighted by molar-refractivity contribution is 5.85. The van der Waals surface area contributed by atoms with Crippen LogP contribution in [0.1, 0.15) is 49.2 Å². The van der Waals surface area contributed by atoms with Crippen LogP contribution in [0.3, 0.4) is 0 Å². The van der Waals surface area contributed by atoms with Gasteiger partial charge >= 0.3 is 0 Å². The molecule has 1 heterocycles. The number of rotatable bonds is 11. The van der Waals surface area contributed by atoms with Crippen LogP contribution in [-0.2, 0) is 22.7 Å². The number of tetrazole rings is 1. The molecule has 0 fully saturated rings. The van der Waals surface area contributed by atoms with Crippen molar-refractivity contribution in [3.8, 4) is 6.07 Å². The standard InChI is InChI=1S/C24H29N7O2/c1-24(2,26)23(32)27-21(17-33-16-18-9-5-3-6-10-18)22-28-30-31(29-22)14-13-20(15-25)19-11-7-4-8-12-19/h3-12,20-21H,13-14,16-17,26H2,1-2H3,(H,27,32). The first-order chi connectivity index (χ1) is 15.9. The Kier molecular flexibility index (Phi) is 8.24. The fourth-order valence-electron chi connectivity index (χ4n) is 3.12. The van der Waals surface area contributed by atoms with Gasteiger partial charge in [0.25, 0.3) is 0 Å². The van der Waals surface area contributed by atoms with E-state index in [1.807, 2.05) is 60.7 Å². The number of nitriles is 1. The van der Waals surface area contributed by atoms with E-state index in [0.29, 0.717) is 25.4 Å². The Morgan fingerprint density at radius 1 is 1.18 bits per heavy atom. The second kappa shape index (κ2) is 11.3. The van der Waals surface area contributed by atoms with Crippen LogP contribution >= 0.6 is 0 Å². The minimum Gasteiger partial charge on any atom is -0.374 e. The maximum Gasteiger partial charge on any atom is 0.240 e. The molecule has 1 amide bonds. The number of aromatic nitrogens is 4. The van der Waals surface area contributed by atoms with Gasteiger partial charge in [-0.05, 0) is 36.6 Å². The molecule has 1 aromatic heterocycles. The Balaban J connectivity index is 1.65. The monoisotopic (exact) mass is 447 g/mol. The molecule has 0 bridgehead atoms. The van der Waals surface area contributed by atoms with Crippen LogP contribution < -0.4 is 11.1 Å². The summed E-state index contributed by atoms with van der Waals surface area (Å²) in [4.78, 5) is 13.9. The predicted octanol–water partition coefficient (Wildman–Crippen LogP) is 2.48. The van der Waals surface area contributed by atoms with Gasteiger partial charge in [-0.15, -0.1) is 10.2 Å². The molecule has 9 heteroatoms. The zero-order chi connectivity index (χ0) is 23.7. The van der Waals surface area contributed by atoms with E-state index < -0.39 is 11.6 Å². The summed E-state index contributed by atoms with van der Waals surface area (Å²) in [7, 11) is 0. The molecule has 3 rings (SSSR count). The van der Waals surface area contributed by atoms with Gasteiger partial charge in [0.1, 0.15) is 6.04 Å². The molecule has 2 atom stereocenters. The summed E-state index contributed by atoms with van der Waals surface area (Å²) >= 11 is 0. The number of nitrogens with two attached hydrogens (primary N) is 1. The van der Waals surface area contributed by atoms with Gasteiger partial charge in [0.2, 0.25) is 5.91 Å². The van der Waals surface area contributed by atoms with Crippen molar-refractivity contribution >= 4 is 5.91 Å². The molecule has 0 radical (unpaired) electrons. The van der Waals surface area contributed by atoms with Crippen LogP contribution in [0, 0.1) is 11.3 Å². The van der Waals surface area contributed by atoms with Crippen molar-refractivity contribution < 1.29 is 9.53 Å². The molecule has 3 aromatic rings. The number of benzene rings is 2. The largest absolute Gasteiger partial charge is 0.374 e. The van der Waals surface area contributed by atoms with Crippen molar-refractivity contribution in [1.29, 1.82) is 5.26 Å². The molecular formula is C24H29N7O2. The zero-order valence-electron chi connectivity index (χ0n) is 18.9. The van der Waals surface area contributed by atoms with Gasteiger partial charge in [-0.1, -0.05) is 60.7 Å². The van der Waals surface area contributed by atoms with Crippen molar-refractivity contribution in [3.63, 3.8) is 0 Å². The van der Waals surface area contributed by atoms with Gasteiger partial charge in [0.05, 0.1) is 37.3 Å². The normalized spacial score (nSPS) is 13.2. The molecule has 2 unspecified atom stereocenters. The summed E-state index contributed by atoms with van der Waals surface area (Å²) in [5, 5.41) is 25.0. The third kappa shape index (κ3) is 7.20. The van der Waals surface area contributed by atoms with Crippen molar-refractivity contribution in [3.05, 3.63) is 77.6 Å². The van der Waals surface area contributed by atoms with Crippen molar-refractivity contribution in [2.24, 2.45) is 5.73 Å². The Morgan fingerprint density at radius 3 is 2.48 bits per heavy atom. The minimum absolute atomic E-state index is 0.160. The van der Waals surface area contributed by atoms with Crippen LogP contribution in [0.15, 0.2) is 60.7 Å². The smallest absolute Gasteiger partial charge is 0.240 e. The third-order valence-corrected chi connectivity index (χ3v) is 5.04. The van der Waals surface area contributed by atoms with Crippen molar-refractivity contribution in [2.45, 2.75) is 50.9 Å². The van der Waals surface area contributed by atoms with Crippen LogP contribution in [0.5, 0.6) is 0 Å². The average Bonchev–Trinajstić information content (AvgIpc) is 3.28. The number of nitrogens with one attached hydrogen (secondary N) is 1. The van der Waals surface area contributed by atoms with Crippen LogP contribution in [-0.4, -0.2) is 38.3 Å². The SMILES string of the molecule is CC(C)(N)C(=O)NC(COCc1ccccc1)c1nnn(CCC(C#N)c2ccccc2)n1. The number of carbonyl (C=O) groups is 1. The Bertz CT molecular complexity index is 1060. The maximum absolute atomic E-state index is 12.5. The van der Waals surface area contributed by atoms with Gasteiger partial charge in [0, 0.05) is 0 Å². The third-order valence-electron chi connectivity index (χ3n) is 5.04. The molecule has 172 valence electrons. The average molecular weight is 448 g/mol. The van der Waals surface area contributed by atoms with Crippen molar-refractivity contribution in [1.82, 2.24) is 25.5 Å². The molecule has 0 saturated carbocycles. The van der Waals surface area contributed by atoms with Gasteiger partial charge in [-0.2, -0.15) is 10.1 Å². The maximum atomic E-state index is 12.5. The Labute approximate surface area is 193 Å². The summed E-state index contributed by atoms with van der Waals surface area (Å²) < 4.78 is 5.82. The highest BCUT2D eigenvalue weighted by atomic mass is 16.5. The highest BCUT2D eigenvalue weighted by Gasteiger charge is 2.28. The summed E-state index contributed by atoms with van der Waals surface area (Å²) in [5.74, 6) is -0.293. The molecule has 0 aliphatic heterocycles. The fourth-order valence-corrected chi connectivity index (χ4v) is 3.12. The van der Waals surface area contributed by atoms with Gasteiger partial charge in [0.15, 0.2) is 5.82 Å². The lowest BCUT2D eigenvalue weighted by Gasteiger charge is -2.22. The number of hydrogen-bond donors (Lipinski definition) is 2. The van der Waals surface area contributed by atoms with Crippen LogP contribution in [0.25, 0.3) is 0 Å². The Morgan fingerprint density at radius 2 is 1.85 bits per heavy atom. The van der Waals surface area contributed by atoms with E-state index in [1.165, 1.54) is 4.80 Å². The molecule has 0 saturated heterocycles. The molecule has 0 aliphatic rings. The number of nitrogens with zero attached hydrogens (tertiary/aromatic N) is 5. The first-order valence-corrected chi connectivity index (χ1v) is 10.8. The lowest BCUT2D eigenvalue weighted by Crippen LogP contribution is -2.50. The van der Waals surface area contributed by atoms with E-state index in [0.717, 1.165) is 11.1 Å². The molecule has 3 N–H and O–H groups in total. The van der Waals surface area contributed by atoms with Crippen molar-refractivity contribution in [2.75, 3.05) is 6.61 Å². The molecule has 2 aromatic carbocycles. The highest BCUT2D eigenvalue weighted by Crippen LogP contribution is 2.19. The molecule has 9 nitrogen and oxygen atoms in total. The number of amides is 1. The van der Waals surface area contributed by atoms with E-state index in [2.05, 4.69) is 26.8 Å². The minimum atomic E-state index is -1.07. The summed E-state index contributed by atoms with van der Waals surface area (Å²) in [6.07, 6.45) is 0.535. The summed E-state index contributed by atoms with van der Waals surface area (Å²) in [6.45, 7) is 4.20. The predicted molar refractivity (Wildman–Crippen MR) is 122 cm³/mol. The second-order valence-electron chi connectivity index (χ2n) is 8.37.